The Morgan fingerprint density at radius 1 is 1.14 bits per heavy atom. The normalized spacial score (nSPS) is 31.8. The number of nitrogens with one attached hydrogen (secondary N) is 2. The number of benzene rings is 1. The van der Waals surface area contributed by atoms with Crippen LogP contribution in [-0.4, -0.2) is 64.2 Å². The minimum absolute atomic E-state index is 0.0284. The highest BCUT2D eigenvalue weighted by molar-refractivity contribution is 5.99. The summed E-state index contributed by atoms with van der Waals surface area (Å²) in [6, 6.07) is 7.56. The van der Waals surface area contributed by atoms with Crippen molar-refractivity contribution < 1.29 is 24.2 Å². The van der Waals surface area contributed by atoms with Gasteiger partial charge in [-0.05, 0) is 50.5 Å². The van der Waals surface area contributed by atoms with Crippen LogP contribution in [0.4, 0.5) is 0 Å². The Bertz CT molecular complexity index is 1050. The maximum absolute atomic E-state index is 14.3. The molecule has 3 N–H and O–H groups in total. The number of rotatable bonds is 8. The molecular weight excluding hydrogens is 470 g/mol. The molecule has 3 aliphatic rings. The third kappa shape index (κ3) is 4.46. The van der Waals surface area contributed by atoms with Gasteiger partial charge in [0.15, 0.2) is 0 Å². The molecule has 8 nitrogen and oxygen atoms in total. The molecule has 3 fully saturated rings. The van der Waals surface area contributed by atoms with E-state index in [1.165, 1.54) is 4.90 Å². The lowest BCUT2D eigenvalue weighted by Gasteiger charge is -2.40. The van der Waals surface area contributed by atoms with Crippen LogP contribution in [0, 0.1) is 17.3 Å². The number of carbonyl (C=O) groups excluding carboxylic acids is 3. The Labute approximate surface area is 220 Å². The average molecular weight is 514 g/mol. The number of aliphatic hydroxyl groups excluding tert-OH is 1. The molecule has 0 saturated carbocycles. The molecule has 1 spiro atoms. The van der Waals surface area contributed by atoms with E-state index in [0.29, 0.717) is 19.3 Å². The molecular formula is C29H43N3O5. The fourth-order valence-corrected chi connectivity index (χ4v) is 7.65. The maximum Gasteiger partial charge on any atom is 0.246 e. The number of hydrogen-bond donors (Lipinski definition) is 3. The zero-order valence-corrected chi connectivity index (χ0v) is 23.3. The molecule has 0 aromatic heterocycles. The number of nitrogens with zero attached hydrogens (tertiary/aromatic N) is 1. The van der Waals surface area contributed by atoms with Crippen LogP contribution < -0.4 is 10.6 Å². The van der Waals surface area contributed by atoms with Crippen molar-refractivity contribution in [1.29, 1.82) is 0 Å². The predicted molar refractivity (Wildman–Crippen MR) is 140 cm³/mol. The summed E-state index contributed by atoms with van der Waals surface area (Å²) >= 11 is 0. The van der Waals surface area contributed by atoms with Crippen LogP contribution in [0.2, 0.25) is 0 Å². The number of fused-ring (bicyclic) bond motifs is 1. The highest BCUT2D eigenvalue weighted by atomic mass is 16.5. The van der Waals surface area contributed by atoms with E-state index in [1.54, 1.807) is 7.05 Å². The van der Waals surface area contributed by atoms with Crippen LogP contribution in [-0.2, 0) is 19.1 Å². The third-order valence-electron chi connectivity index (χ3n) is 8.52. The maximum atomic E-state index is 14.3. The number of carbonyl (C=O) groups is 3. The summed E-state index contributed by atoms with van der Waals surface area (Å²) in [4.78, 5) is 43.3. The SMILES string of the molecule is CC[C@@]12CCC3(O1)C(C(=O)NC(C)(C)CC(C)(C)C)N([C@H](CO)c1ccccc1)C(=O)[C@@H]3[C@@H]2C(=O)NC. The second kappa shape index (κ2) is 9.38. The summed E-state index contributed by atoms with van der Waals surface area (Å²) in [5.74, 6) is -2.33. The van der Waals surface area contributed by atoms with Gasteiger partial charge in [0.05, 0.1) is 30.1 Å². The Morgan fingerprint density at radius 2 is 1.78 bits per heavy atom. The second-order valence-electron chi connectivity index (χ2n) is 12.9. The Hall–Kier alpha value is -2.45. The second-order valence-corrected chi connectivity index (χ2v) is 12.9. The molecule has 204 valence electrons. The first-order chi connectivity index (χ1) is 17.3. The molecule has 3 amide bonds. The molecule has 37 heavy (non-hydrogen) atoms. The van der Waals surface area contributed by atoms with Crippen molar-refractivity contribution in [1.82, 2.24) is 15.5 Å². The van der Waals surface area contributed by atoms with Crippen molar-refractivity contribution >= 4 is 17.7 Å². The summed E-state index contributed by atoms with van der Waals surface area (Å²) in [7, 11) is 1.57. The van der Waals surface area contributed by atoms with Crippen molar-refractivity contribution in [2.24, 2.45) is 17.3 Å². The monoisotopic (exact) mass is 513 g/mol. The van der Waals surface area contributed by atoms with Crippen molar-refractivity contribution in [3.05, 3.63) is 35.9 Å². The largest absolute Gasteiger partial charge is 0.394 e. The lowest BCUT2D eigenvalue weighted by molar-refractivity contribution is -0.152. The zero-order chi connectivity index (χ0) is 27.4. The minimum atomic E-state index is -1.13. The fourth-order valence-electron chi connectivity index (χ4n) is 7.65. The molecule has 8 heteroatoms. The van der Waals surface area contributed by atoms with Crippen molar-refractivity contribution in [3.8, 4) is 0 Å². The van der Waals surface area contributed by atoms with Gasteiger partial charge in [0, 0.05) is 12.6 Å². The van der Waals surface area contributed by atoms with Gasteiger partial charge >= 0.3 is 0 Å². The summed E-state index contributed by atoms with van der Waals surface area (Å²) in [5, 5.41) is 16.5. The fraction of sp³-hybridized carbons (Fsp3) is 0.690. The molecule has 2 bridgehead atoms. The lowest BCUT2D eigenvalue weighted by atomic mass is 9.65. The van der Waals surface area contributed by atoms with E-state index in [4.69, 9.17) is 4.74 Å². The molecule has 3 heterocycles. The van der Waals surface area contributed by atoms with E-state index >= 15 is 0 Å². The van der Waals surface area contributed by atoms with Crippen molar-refractivity contribution in [2.45, 2.75) is 96.1 Å². The average Bonchev–Trinajstić information content (AvgIpc) is 3.42. The van der Waals surface area contributed by atoms with Crippen LogP contribution in [0.15, 0.2) is 30.3 Å². The molecule has 4 rings (SSSR count). The summed E-state index contributed by atoms with van der Waals surface area (Å²) < 4.78 is 6.77. The van der Waals surface area contributed by atoms with Crippen LogP contribution in [0.1, 0.15) is 78.8 Å². The minimum Gasteiger partial charge on any atom is -0.394 e. The Morgan fingerprint density at radius 3 is 2.32 bits per heavy atom. The van der Waals surface area contributed by atoms with Gasteiger partial charge in [0.1, 0.15) is 11.6 Å². The highest BCUT2D eigenvalue weighted by Gasteiger charge is 2.79. The molecule has 2 unspecified atom stereocenters. The van der Waals surface area contributed by atoms with Crippen LogP contribution in [0.3, 0.4) is 0 Å². The summed E-state index contributed by atoms with van der Waals surface area (Å²) in [5.41, 5.74) is -1.75. The van der Waals surface area contributed by atoms with Crippen LogP contribution in [0.5, 0.6) is 0 Å². The molecule has 0 aliphatic carbocycles. The molecule has 0 radical (unpaired) electrons. The lowest BCUT2D eigenvalue weighted by Crippen LogP contribution is -2.60. The molecule has 3 aliphatic heterocycles. The van der Waals surface area contributed by atoms with Gasteiger partial charge in [-0.2, -0.15) is 0 Å². The zero-order valence-electron chi connectivity index (χ0n) is 23.3. The van der Waals surface area contributed by atoms with Gasteiger partial charge in [0.2, 0.25) is 17.7 Å². The molecule has 3 saturated heterocycles. The van der Waals surface area contributed by atoms with Gasteiger partial charge < -0.3 is 25.4 Å². The highest BCUT2D eigenvalue weighted by Crippen LogP contribution is 2.65. The third-order valence-corrected chi connectivity index (χ3v) is 8.52. The van der Waals surface area contributed by atoms with Gasteiger partial charge in [-0.25, -0.2) is 0 Å². The van der Waals surface area contributed by atoms with Crippen molar-refractivity contribution in [2.75, 3.05) is 13.7 Å². The smallest absolute Gasteiger partial charge is 0.246 e. The van der Waals surface area contributed by atoms with Crippen LogP contribution in [0.25, 0.3) is 0 Å². The standard InChI is InChI=1S/C29H43N3O5/c1-8-28-14-15-29(37-28)21(20(28)23(34)30-7)25(36)32(19(16-33)18-12-10-9-11-13-18)22(29)24(35)31-27(5,6)17-26(2,3)4/h9-13,19-22,33H,8,14-17H2,1-7H3,(H,30,34)(H,31,35)/t19-,20-,21+,22?,28+,29?/m1/s1. The topological polar surface area (TPSA) is 108 Å². The van der Waals surface area contributed by atoms with Crippen LogP contribution >= 0.6 is 0 Å². The van der Waals surface area contributed by atoms with E-state index in [1.807, 2.05) is 51.1 Å². The van der Waals surface area contributed by atoms with E-state index in [-0.39, 0.29) is 29.7 Å². The van der Waals surface area contributed by atoms with Gasteiger partial charge in [-0.1, -0.05) is 58.0 Å². The molecule has 6 atom stereocenters. The number of hydrogen-bond acceptors (Lipinski definition) is 5. The van der Waals surface area contributed by atoms with Gasteiger partial charge in [-0.3, -0.25) is 14.4 Å². The van der Waals surface area contributed by atoms with E-state index < -0.39 is 40.7 Å². The van der Waals surface area contributed by atoms with E-state index in [2.05, 4.69) is 31.4 Å². The van der Waals surface area contributed by atoms with E-state index in [0.717, 1.165) is 12.0 Å². The summed E-state index contributed by atoms with van der Waals surface area (Å²) in [6.07, 6.45) is 2.41. The van der Waals surface area contributed by atoms with E-state index in [9.17, 15) is 19.5 Å². The number of likely N-dealkylation sites (tertiary alicyclic amines) is 1. The number of amides is 3. The predicted octanol–water partition coefficient (Wildman–Crippen LogP) is 2.95. The Kier molecular flexibility index (Phi) is 6.99. The molecule has 1 aromatic rings. The van der Waals surface area contributed by atoms with Gasteiger partial charge in [-0.15, -0.1) is 0 Å². The quantitative estimate of drug-likeness (QED) is 0.495. The first-order valence-corrected chi connectivity index (χ1v) is 13.5. The Balaban J connectivity index is 1.83. The number of aliphatic hydroxyl groups is 1. The first kappa shape index (κ1) is 27.6. The first-order valence-electron chi connectivity index (χ1n) is 13.5. The molecule has 1 aromatic carbocycles. The van der Waals surface area contributed by atoms with Gasteiger partial charge in [0.25, 0.3) is 0 Å². The van der Waals surface area contributed by atoms with Crippen molar-refractivity contribution in [3.63, 3.8) is 0 Å². The summed E-state index contributed by atoms with van der Waals surface area (Å²) in [6.45, 7) is 12.0. The number of ether oxygens (including phenoxy) is 1.